The molecule has 2 amide bonds. The summed E-state index contributed by atoms with van der Waals surface area (Å²) in [5.41, 5.74) is 1.78. The number of benzene rings is 2. The van der Waals surface area contributed by atoms with Gasteiger partial charge < -0.3 is 19.7 Å². The number of nitrogens with zero attached hydrogens (tertiary/aromatic N) is 1. The van der Waals surface area contributed by atoms with Crippen molar-refractivity contribution in [1.29, 1.82) is 0 Å². The van der Waals surface area contributed by atoms with E-state index >= 15 is 0 Å². The summed E-state index contributed by atoms with van der Waals surface area (Å²) in [4.78, 5) is 27.7. The first-order valence-corrected chi connectivity index (χ1v) is 12.0. The predicted molar refractivity (Wildman–Crippen MR) is 126 cm³/mol. The molecule has 4 bridgehead atoms. The maximum absolute atomic E-state index is 13.0. The van der Waals surface area contributed by atoms with E-state index in [1.807, 2.05) is 41.3 Å². The fraction of sp³-hybridized carbons (Fsp3) is 0.481. The first-order chi connectivity index (χ1) is 15.9. The third kappa shape index (κ3) is 4.31. The number of carbonyl (C=O) groups is 2. The predicted octanol–water partition coefficient (Wildman–Crippen LogP) is 4.28. The number of para-hydroxylation sites is 1. The SMILES string of the molecule is CC(C)CCC(=O)N1C[C@@H]2c3cccc4c3OC[C@]2(CNC(=O)CCc2cccc(c2)O4)C1. The van der Waals surface area contributed by atoms with E-state index < -0.39 is 0 Å². The van der Waals surface area contributed by atoms with E-state index in [9.17, 15) is 9.59 Å². The topological polar surface area (TPSA) is 67.9 Å². The van der Waals surface area contributed by atoms with Crippen LogP contribution in [-0.2, 0) is 16.0 Å². The molecule has 174 valence electrons. The van der Waals surface area contributed by atoms with Crippen molar-refractivity contribution in [1.82, 2.24) is 10.2 Å². The van der Waals surface area contributed by atoms with Crippen LogP contribution in [0.2, 0.25) is 0 Å². The monoisotopic (exact) mass is 448 g/mol. The zero-order chi connectivity index (χ0) is 23.0. The van der Waals surface area contributed by atoms with Crippen molar-refractivity contribution in [2.24, 2.45) is 11.3 Å². The highest BCUT2D eigenvalue weighted by Gasteiger charge is 2.52. The van der Waals surface area contributed by atoms with E-state index in [1.165, 1.54) is 0 Å². The van der Waals surface area contributed by atoms with Crippen molar-refractivity contribution in [3.8, 4) is 17.2 Å². The minimum Gasteiger partial charge on any atom is -0.489 e. The van der Waals surface area contributed by atoms with Crippen molar-refractivity contribution in [2.75, 3.05) is 26.2 Å². The summed E-state index contributed by atoms with van der Waals surface area (Å²) in [6.45, 7) is 6.46. The van der Waals surface area contributed by atoms with Gasteiger partial charge >= 0.3 is 0 Å². The number of hydrogen-bond acceptors (Lipinski definition) is 4. The van der Waals surface area contributed by atoms with E-state index in [0.29, 0.717) is 57.2 Å². The Bertz CT molecular complexity index is 1070. The summed E-state index contributed by atoms with van der Waals surface area (Å²) in [5.74, 6) is 2.97. The van der Waals surface area contributed by atoms with Crippen molar-refractivity contribution >= 4 is 11.8 Å². The maximum atomic E-state index is 13.0. The van der Waals surface area contributed by atoms with Gasteiger partial charge in [-0.3, -0.25) is 9.59 Å². The molecule has 1 fully saturated rings. The van der Waals surface area contributed by atoms with Gasteiger partial charge in [0.2, 0.25) is 11.8 Å². The van der Waals surface area contributed by atoms with Crippen LogP contribution in [0.3, 0.4) is 0 Å². The lowest BCUT2D eigenvalue weighted by Crippen LogP contribution is -2.48. The number of hydrogen-bond donors (Lipinski definition) is 1. The third-order valence-electron chi connectivity index (χ3n) is 7.23. The van der Waals surface area contributed by atoms with E-state index in [1.54, 1.807) is 0 Å². The van der Waals surface area contributed by atoms with Crippen LogP contribution in [-0.4, -0.2) is 43.0 Å². The van der Waals surface area contributed by atoms with Gasteiger partial charge in [-0.1, -0.05) is 38.1 Å². The third-order valence-corrected chi connectivity index (χ3v) is 7.23. The molecule has 0 unspecified atom stereocenters. The Morgan fingerprint density at radius 3 is 2.91 bits per heavy atom. The summed E-state index contributed by atoms with van der Waals surface area (Å²) in [6, 6.07) is 13.9. The molecule has 1 spiro atoms. The summed E-state index contributed by atoms with van der Waals surface area (Å²) in [5, 5.41) is 3.17. The molecule has 0 radical (unpaired) electrons. The van der Waals surface area contributed by atoms with Gasteiger partial charge in [-0.2, -0.15) is 0 Å². The second kappa shape index (κ2) is 8.73. The van der Waals surface area contributed by atoms with Crippen LogP contribution in [0.1, 0.15) is 50.2 Å². The molecule has 6 nitrogen and oxygen atoms in total. The van der Waals surface area contributed by atoms with Crippen LogP contribution >= 0.6 is 0 Å². The largest absolute Gasteiger partial charge is 0.489 e. The summed E-state index contributed by atoms with van der Waals surface area (Å²) in [6.07, 6.45) is 2.51. The molecule has 33 heavy (non-hydrogen) atoms. The van der Waals surface area contributed by atoms with Crippen LogP contribution in [0.4, 0.5) is 0 Å². The number of nitrogens with one attached hydrogen (secondary N) is 1. The standard InChI is InChI=1S/C27H32N2O4/c1-18(2)9-12-25(31)29-14-22-21-7-4-8-23-26(21)32-17-27(22,16-29)15-28-24(30)11-10-19-5-3-6-20(13-19)33-23/h3-8,13,18,22H,9-12,14-17H2,1-2H3,(H,28,30)/t22-,27+/m1/s1. The number of rotatable bonds is 3. The fourth-order valence-corrected chi connectivity index (χ4v) is 5.30. The van der Waals surface area contributed by atoms with Gasteiger partial charge in [0, 0.05) is 49.4 Å². The second-order valence-electron chi connectivity index (χ2n) is 10.1. The number of amides is 2. The molecule has 2 aromatic carbocycles. The van der Waals surface area contributed by atoms with Gasteiger partial charge in [-0.05, 0) is 42.5 Å². The summed E-state index contributed by atoms with van der Waals surface area (Å²) < 4.78 is 12.6. The number of carbonyl (C=O) groups excluding carboxylic acids is 2. The van der Waals surface area contributed by atoms with Gasteiger partial charge in [0.25, 0.3) is 0 Å². The van der Waals surface area contributed by atoms with Crippen molar-refractivity contribution in [3.63, 3.8) is 0 Å². The van der Waals surface area contributed by atoms with Gasteiger partial charge in [0.05, 0.1) is 6.61 Å². The molecule has 1 saturated heterocycles. The molecule has 3 aliphatic heterocycles. The zero-order valence-corrected chi connectivity index (χ0v) is 19.4. The Hall–Kier alpha value is -3.02. The van der Waals surface area contributed by atoms with E-state index in [4.69, 9.17) is 9.47 Å². The molecule has 0 saturated carbocycles. The lowest BCUT2D eigenvalue weighted by Gasteiger charge is -2.39. The Morgan fingerprint density at radius 1 is 1.21 bits per heavy atom. The molecule has 2 atom stereocenters. The van der Waals surface area contributed by atoms with E-state index in [-0.39, 0.29) is 23.1 Å². The number of aryl methyl sites for hydroxylation is 1. The van der Waals surface area contributed by atoms with Crippen LogP contribution in [0.15, 0.2) is 42.5 Å². The molecule has 6 heteroatoms. The molecule has 1 N–H and O–H groups in total. The Labute approximate surface area is 195 Å². The fourth-order valence-electron chi connectivity index (χ4n) is 5.30. The van der Waals surface area contributed by atoms with Crippen molar-refractivity contribution in [2.45, 2.75) is 45.4 Å². The highest BCUT2D eigenvalue weighted by atomic mass is 16.5. The normalized spacial score (nSPS) is 23.9. The minimum atomic E-state index is -0.340. The quantitative estimate of drug-likeness (QED) is 0.761. The minimum absolute atomic E-state index is 0.0237. The van der Waals surface area contributed by atoms with Gasteiger partial charge in [-0.25, -0.2) is 0 Å². The average molecular weight is 449 g/mol. The van der Waals surface area contributed by atoms with Crippen LogP contribution < -0.4 is 14.8 Å². The Morgan fingerprint density at radius 2 is 2.06 bits per heavy atom. The molecule has 0 aromatic heterocycles. The van der Waals surface area contributed by atoms with E-state index in [0.717, 1.165) is 29.0 Å². The van der Waals surface area contributed by atoms with Gasteiger partial charge in [-0.15, -0.1) is 0 Å². The lowest BCUT2D eigenvalue weighted by molar-refractivity contribution is -0.130. The van der Waals surface area contributed by atoms with Gasteiger partial charge in [0.15, 0.2) is 11.5 Å². The average Bonchev–Trinajstić information content (AvgIpc) is 3.20. The molecule has 0 aliphatic carbocycles. The molecular formula is C27H32N2O4. The maximum Gasteiger partial charge on any atom is 0.222 e. The molecule has 3 aliphatic rings. The Kier molecular flexibility index (Phi) is 5.77. The number of likely N-dealkylation sites (tertiary alicyclic amines) is 1. The highest BCUT2D eigenvalue weighted by Crippen LogP contribution is 2.52. The number of fused-ring (bicyclic) bond motifs is 4. The van der Waals surface area contributed by atoms with Gasteiger partial charge in [0.1, 0.15) is 5.75 Å². The smallest absolute Gasteiger partial charge is 0.222 e. The molecule has 3 heterocycles. The molecule has 5 rings (SSSR count). The van der Waals surface area contributed by atoms with E-state index in [2.05, 4.69) is 25.2 Å². The van der Waals surface area contributed by atoms with Crippen molar-refractivity contribution in [3.05, 3.63) is 53.6 Å². The Balaban J connectivity index is 1.51. The highest BCUT2D eigenvalue weighted by molar-refractivity contribution is 5.78. The summed E-state index contributed by atoms with van der Waals surface area (Å²) in [7, 11) is 0. The van der Waals surface area contributed by atoms with Crippen LogP contribution in [0.5, 0.6) is 17.2 Å². The molecular weight excluding hydrogens is 416 g/mol. The lowest BCUT2D eigenvalue weighted by atomic mass is 9.73. The van der Waals surface area contributed by atoms with Crippen molar-refractivity contribution < 1.29 is 19.1 Å². The first kappa shape index (κ1) is 21.8. The number of ether oxygens (including phenoxy) is 2. The van der Waals surface area contributed by atoms with Crippen LogP contribution in [0.25, 0.3) is 0 Å². The zero-order valence-electron chi connectivity index (χ0n) is 19.4. The summed E-state index contributed by atoms with van der Waals surface area (Å²) >= 11 is 0. The van der Waals surface area contributed by atoms with Crippen LogP contribution in [0, 0.1) is 11.3 Å². The molecule has 2 aromatic rings. The first-order valence-electron chi connectivity index (χ1n) is 12.0. The second-order valence-corrected chi connectivity index (χ2v) is 10.1.